The Bertz CT molecular complexity index is 637. The largest absolute Gasteiger partial charge is 0.441 e. The lowest BCUT2D eigenvalue weighted by atomic mass is 9.90. The summed E-state index contributed by atoms with van der Waals surface area (Å²) in [6, 6.07) is 4.41. The number of anilines is 1. The third-order valence-electron chi connectivity index (χ3n) is 4.60. The lowest BCUT2D eigenvalue weighted by molar-refractivity contribution is -0.107. The zero-order chi connectivity index (χ0) is 18.8. The Morgan fingerprint density at radius 2 is 2.04 bits per heavy atom. The van der Waals surface area contributed by atoms with Gasteiger partial charge in [-0.15, -0.1) is 0 Å². The van der Waals surface area contributed by atoms with Crippen LogP contribution in [0.3, 0.4) is 0 Å². The fraction of sp³-hybridized carbons (Fsp3) is 0.588. The predicted molar refractivity (Wildman–Crippen MR) is 93.2 cm³/mol. The Balaban J connectivity index is 2.09. The van der Waals surface area contributed by atoms with Crippen LogP contribution in [0.4, 0.5) is 14.9 Å². The maximum Gasteiger partial charge on any atom is 0.414 e. The molecule has 1 unspecified atom stereocenters. The lowest BCUT2D eigenvalue weighted by Crippen LogP contribution is -2.47. The number of amides is 1. The van der Waals surface area contributed by atoms with E-state index in [1.807, 2.05) is 27.7 Å². The van der Waals surface area contributed by atoms with E-state index in [0.717, 1.165) is 12.0 Å². The highest BCUT2D eigenvalue weighted by Gasteiger charge is 2.39. The van der Waals surface area contributed by atoms with Crippen molar-refractivity contribution in [1.82, 2.24) is 0 Å². The highest BCUT2D eigenvalue weighted by molar-refractivity contribution is 7.94. The van der Waals surface area contributed by atoms with E-state index in [4.69, 9.17) is 18.8 Å². The van der Waals surface area contributed by atoms with Crippen LogP contribution in [-0.4, -0.2) is 48.8 Å². The van der Waals surface area contributed by atoms with E-state index >= 15 is 0 Å². The third-order valence-corrected chi connectivity index (χ3v) is 5.62. The van der Waals surface area contributed by atoms with Crippen molar-refractivity contribution in [3.8, 4) is 0 Å². The van der Waals surface area contributed by atoms with Crippen molar-refractivity contribution < 1.29 is 27.9 Å². The number of aliphatic hydroxyl groups is 1. The normalized spacial score (nSPS) is 18.6. The number of methoxy groups -OCH3 is 1. The van der Waals surface area contributed by atoms with Crippen molar-refractivity contribution in [1.29, 1.82) is 0 Å². The summed E-state index contributed by atoms with van der Waals surface area (Å²) < 4.78 is 30.6. The first-order valence-electron chi connectivity index (χ1n) is 7.90. The van der Waals surface area contributed by atoms with Crippen molar-refractivity contribution in [3.05, 3.63) is 24.0 Å². The molecule has 1 atom stereocenters. The van der Waals surface area contributed by atoms with Gasteiger partial charge < -0.3 is 18.8 Å². The first-order valence-corrected chi connectivity index (χ1v) is 8.65. The van der Waals surface area contributed by atoms with E-state index in [2.05, 4.69) is 0 Å². The number of carbonyl (C=O) groups is 1. The van der Waals surface area contributed by atoms with Gasteiger partial charge in [-0.25, -0.2) is 9.18 Å². The highest BCUT2D eigenvalue weighted by atomic mass is 32.2. The second-order valence-electron chi connectivity index (χ2n) is 6.81. The van der Waals surface area contributed by atoms with Crippen LogP contribution in [0.1, 0.15) is 27.7 Å². The minimum Gasteiger partial charge on any atom is -0.441 e. The smallest absolute Gasteiger partial charge is 0.414 e. The van der Waals surface area contributed by atoms with E-state index in [9.17, 15) is 9.18 Å². The minimum absolute atomic E-state index is 0.187. The highest BCUT2D eigenvalue weighted by Crippen LogP contribution is 2.36. The molecule has 1 aromatic carbocycles. The van der Waals surface area contributed by atoms with Gasteiger partial charge in [0.05, 0.1) is 29.3 Å². The lowest BCUT2D eigenvalue weighted by Gasteiger charge is -2.39. The van der Waals surface area contributed by atoms with Crippen molar-refractivity contribution in [2.75, 3.05) is 25.2 Å². The molecule has 1 aromatic rings. The Morgan fingerprint density at radius 3 is 2.56 bits per heavy atom. The quantitative estimate of drug-likeness (QED) is 0.739. The first-order chi connectivity index (χ1) is 11.6. The molecular weight excluding hydrogens is 349 g/mol. The van der Waals surface area contributed by atoms with Crippen LogP contribution in [0, 0.1) is 5.82 Å². The maximum atomic E-state index is 14.4. The molecular formula is C17H24FNO5S. The molecule has 1 aliphatic rings. The van der Waals surface area contributed by atoms with Gasteiger partial charge in [-0.3, -0.25) is 4.90 Å². The molecule has 1 N–H and O–H groups in total. The number of nitrogens with zero attached hydrogens (tertiary/aromatic N) is 1. The molecule has 0 radical (unpaired) electrons. The minimum atomic E-state index is -0.662. The number of hydrogen-bond donors (Lipinski definition) is 1. The molecule has 1 fully saturated rings. The average molecular weight is 373 g/mol. The molecule has 1 amide bonds. The van der Waals surface area contributed by atoms with Gasteiger partial charge in [-0.2, -0.15) is 0 Å². The van der Waals surface area contributed by atoms with Gasteiger partial charge in [0, 0.05) is 19.2 Å². The zero-order valence-electron chi connectivity index (χ0n) is 15.0. The van der Waals surface area contributed by atoms with Crippen LogP contribution < -0.4 is 4.90 Å². The summed E-state index contributed by atoms with van der Waals surface area (Å²) in [5, 5.41) is 9.07. The summed E-state index contributed by atoms with van der Waals surface area (Å²) in [5.41, 5.74) is -0.848. The fourth-order valence-electron chi connectivity index (χ4n) is 2.05. The standard InChI is InChI=1S/C17H24FNO5S/c1-16(2,22-5)17(3,4)24-25-14-7-6-11(8-13(14)18)19-9-12(10-20)23-15(19)21/h6-8,12,20H,9-10H2,1-5H3. The van der Waals surface area contributed by atoms with Crippen molar-refractivity contribution in [2.24, 2.45) is 0 Å². The van der Waals surface area contributed by atoms with E-state index < -0.39 is 29.2 Å². The third kappa shape index (κ3) is 4.25. The Labute approximate surface area is 151 Å². The van der Waals surface area contributed by atoms with Gasteiger partial charge >= 0.3 is 6.09 Å². The Hall–Kier alpha value is -1.35. The monoisotopic (exact) mass is 373 g/mol. The molecule has 2 rings (SSSR count). The van der Waals surface area contributed by atoms with Crippen molar-refractivity contribution in [2.45, 2.75) is 49.9 Å². The topological polar surface area (TPSA) is 68.2 Å². The van der Waals surface area contributed by atoms with Crippen LogP contribution >= 0.6 is 12.0 Å². The number of aliphatic hydroxyl groups excluding tert-OH is 1. The fourth-order valence-corrected chi connectivity index (χ4v) is 2.81. The number of carbonyl (C=O) groups excluding carboxylic acids is 1. The Morgan fingerprint density at radius 1 is 1.36 bits per heavy atom. The van der Waals surface area contributed by atoms with Crippen molar-refractivity contribution in [3.63, 3.8) is 0 Å². The summed E-state index contributed by atoms with van der Waals surface area (Å²) in [4.78, 5) is 13.4. The number of ether oxygens (including phenoxy) is 2. The molecule has 140 valence electrons. The van der Waals surface area contributed by atoms with Gasteiger partial charge in [0.25, 0.3) is 0 Å². The molecule has 1 heterocycles. The molecule has 8 heteroatoms. The number of benzene rings is 1. The second-order valence-corrected chi connectivity index (χ2v) is 7.58. The van der Waals surface area contributed by atoms with E-state index in [-0.39, 0.29) is 13.2 Å². The zero-order valence-corrected chi connectivity index (χ0v) is 15.9. The van der Waals surface area contributed by atoms with Gasteiger partial charge in [0.15, 0.2) is 0 Å². The molecule has 0 aromatic heterocycles. The van der Waals surface area contributed by atoms with Gasteiger partial charge in [-0.1, -0.05) is 0 Å². The van der Waals surface area contributed by atoms with Crippen LogP contribution in [0.5, 0.6) is 0 Å². The van der Waals surface area contributed by atoms with E-state index in [0.29, 0.717) is 10.6 Å². The number of rotatable bonds is 7. The number of hydrogen-bond acceptors (Lipinski definition) is 6. The number of halogens is 1. The van der Waals surface area contributed by atoms with Gasteiger partial charge in [0.2, 0.25) is 0 Å². The molecule has 1 aliphatic heterocycles. The Kier molecular flexibility index (Phi) is 5.98. The van der Waals surface area contributed by atoms with Crippen LogP contribution in [0.15, 0.2) is 23.1 Å². The summed E-state index contributed by atoms with van der Waals surface area (Å²) in [6.07, 6.45) is -1.19. The summed E-state index contributed by atoms with van der Waals surface area (Å²) in [5.74, 6) is -0.506. The molecule has 6 nitrogen and oxygen atoms in total. The summed E-state index contributed by atoms with van der Waals surface area (Å²) >= 11 is 0.924. The SMILES string of the molecule is COC(C)(C)C(C)(C)OSc1ccc(N2CC(CO)OC2=O)cc1F. The van der Waals surface area contributed by atoms with Crippen molar-refractivity contribution >= 4 is 23.8 Å². The average Bonchev–Trinajstić information content (AvgIpc) is 2.94. The molecule has 0 saturated carbocycles. The predicted octanol–water partition coefficient (Wildman–Crippen LogP) is 3.37. The molecule has 1 saturated heterocycles. The molecule has 0 spiro atoms. The van der Waals surface area contributed by atoms with E-state index in [1.54, 1.807) is 19.2 Å². The van der Waals surface area contributed by atoms with Gasteiger partial charge in [-0.05, 0) is 45.9 Å². The second kappa shape index (κ2) is 7.49. The van der Waals surface area contributed by atoms with Crippen LogP contribution in [0.25, 0.3) is 0 Å². The van der Waals surface area contributed by atoms with Crippen LogP contribution in [0.2, 0.25) is 0 Å². The summed E-state index contributed by atoms with van der Waals surface area (Å²) in [6.45, 7) is 7.44. The molecule has 0 bridgehead atoms. The van der Waals surface area contributed by atoms with E-state index in [1.165, 1.54) is 11.0 Å². The van der Waals surface area contributed by atoms with Crippen LogP contribution in [-0.2, 0) is 13.7 Å². The number of cyclic esters (lactones) is 1. The summed E-state index contributed by atoms with van der Waals surface area (Å²) in [7, 11) is 1.60. The van der Waals surface area contributed by atoms with Gasteiger partial charge in [0.1, 0.15) is 17.5 Å². The maximum absolute atomic E-state index is 14.4. The first kappa shape index (κ1) is 20.0. The molecule has 0 aliphatic carbocycles. The molecule has 25 heavy (non-hydrogen) atoms.